The van der Waals surface area contributed by atoms with Crippen LogP contribution in [0.3, 0.4) is 0 Å². The number of nitrogens with two attached hydrogens (primary N) is 1. The highest BCUT2D eigenvalue weighted by Gasteiger charge is 2.39. The fourth-order valence-electron chi connectivity index (χ4n) is 3.10. The highest BCUT2D eigenvalue weighted by molar-refractivity contribution is 7.18. The molecule has 1 saturated carbocycles. The summed E-state index contributed by atoms with van der Waals surface area (Å²) in [5.74, 6) is 0.943. The van der Waals surface area contributed by atoms with E-state index in [9.17, 15) is 4.79 Å². The molecule has 3 aromatic heterocycles. The fourth-order valence-corrected chi connectivity index (χ4v) is 4.18. The van der Waals surface area contributed by atoms with Gasteiger partial charge in [-0.25, -0.2) is 9.67 Å². The van der Waals surface area contributed by atoms with Gasteiger partial charge in [-0.1, -0.05) is 5.16 Å². The van der Waals surface area contributed by atoms with Gasteiger partial charge in [-0.3, -0.25) is 4.79 Å². The zero-order valence-electron chi connectivity index (χ0n) is 15.2. The van der Waals surface area contributed by atoms with Gasteiger partial charge in [0.1, 0.15) is 9.88 Å². The molecule has 136 valence electrons. The lowest BCUT2D eigenvalue weighted by atomic mass is 9.77. The lowest BCUT2D eigenvalue weighted by molar-refractivity contribution is 0.229. The van der Waals surface area contributed by atoms with Crippen LogP contribution in [0.2, 0.25) is 0 Å². The van der Waals surface area contributed by atoms with Crippen LogP contribution >= 0.6 is 11.3 Å². The standard InChI is InChI=1S/C17H20N6O2S/c1-8-9(2)21-23(4)15(24)11(8)14-19-10(3)12(26-14)13-20-16(22-25-13)17(18)6-5-7-17/h5-7,18H2,1-4H3. The van der Waals surface area contributed by atoms with Crippen molar-refractivity contribution in [3.8, 4) is 21.3 Å². The van der Waals surface area contributed by atoms with E-state index in [0.717, 1.165) is 41.1 Å². The molecule has 26 heavy (non-hydrogen) atoms. The Labute approximate surface area is 154 Å². The van der Waals surface area contributed by atoms with Crippen molar-refractivity contribution in [2.24, 2.45) is 12.8 Å². The van der Waals surface area contributed by atoms with E-state index in [1.807, 2.05) is 20.8 Å². The lowest BCUT2D eigenvalue weighted by Crippen LogP contribution is -2.44. The summed E-state index contributed by atoms with van der Waals surface area (Å²) in [6.07, 6.45) is 2.81. The molecule has 0 bridgehead atoms. The van der Waals surface area contributed by atoms with Gasteiger partial charge < -0.3 is 10.3 Å². The maximum absolute atomic E-state index is 12.6. The second kappa shape index (κ2) is 5.82. The minimum atomic E-state index is -0.474. The second-order valence-corrected chi connectivity index (χ2v) is 7.88. The van der Waals surface area contributed by atoms with Crippen LogP contribution in [0.4, 0.5) is 0 Å². The van der Waals surface area contributed by atoms with Gasteiger partial charge in [-0.05, 0) is 45.6 Å². The van der Waals surface area contributed by atoms with Gasteiger partial charge in [0.25, 0.3) is 11.4 Å². The summed E-state index contributed by atoms with van der Waals surface area (Å²) in [6.45, 7) is 5.63. The number of hydrogen-bond donors (Lipinski definition) is 1. The topological polar surface area (TPSA) is 113 Å². The Morgan fingerprint density at radius 3 is 2.58 bits per heavy atom. The molecule has 0 saturated heterocycles. The van der Waals surface area contributed by atoms with Crippen molar-refractivity contribution < 1.29 is 4.52 Å². The first-order valence-electron chi connectivity index (χ1n) is 8.46. The van der Waals surface area contributed by atoms with Gasteiger partial charge in [0, 0.05) is 7.05 Å². The molecule has 9 heteroatoms. The largest absolute Gasteiger partial charge is 0.333 e. The number of thiazole rings is 1. The van der Waals surface area contributed by atoms with Crippen LogP contribution in [0.15, 0.2) is 9.32 Å². The first kappa shape index (κ1) is 17.0. The van der Waals surface area contributed by atoms with Crippen molar-refractivity contribution in [3.63, 3.8) is 0 Å². The molecular formula is C17H20N6O2S. The molecule has 0 unspecified atom stereocenters. The summed E-state index contributed by atoms with van der Waals surface area (Å²) in [7, 11) is 1.64. The predicted octanol–water partition coefficient (Wildman–Crippen LogP) is 2.22. The molecule has 2 N–H and O–H groups in total. The van der Waals surface area contributed by atoms with Crippen LogP contribution in [0.1, 0.15) is 42.0 Å². The molecule has 8 nitrogen and oxygen atoms in total. The summed E-state index contributed by atoms with van der Waals surface area (Å²) in [6, 6.07) is 0. The van der Waals surface area contributed by atoms with E-state index >= 15 is 0 Å². The Hall–Kier alpha value is -2.39. The van der Waals surface area contributed by atoms with Crippen molar-refractivity contribution >= 4 is 11.3 Å². The van der Waals surface area contributed by atoms with Gasteiger partial charge in [-0.2, -0.15) is 10.1 Å². The summed E-state index contributed by atoms with van der Waals surface area (Å²) >= 11 is 1.37. The van der Waals surface area contributed by atoms with Crippen LogP contribution in [-0.4, -0.2) is 24.9 Å². The first-order valence-corrected chi connectivity index (χ1v) is 9.27. The molecule has 0 aromatic carbocycles. The van der Waals surface area contributed by atoms with Crippen LogP contribution < -0.4 is 11.3 Å². The van der Waals surface area contributed by atoms with E-state index < -0.39 is 5.54 Å². The minimum Gasteiger partial charge on any atom is -0.333 e. The molecule has 0 spiro atoms. The number of aromatic nitrogens is 5. The zero-order valence-corrected chi connectivity index (χ0v) is 16.0. The maximum atomic E-state index is 12.6. The number of hydrogen-bond acceptors (Lipinski definition) is 8. The molecule has 3 aromatic rings. The van der Waals surface area contributed by atoms with Crippen LogP contribution in [0, 0.1) is 20.8 Å². The summed E-state index contributed by atoms with van der Waals surface area (Å²) in [4.78, 5) is 22.4. The highest BCUT2D eigenvalue weighted by Crippen LogP contribution is 2.39. The molecule has 0 atom stereocenters. The van der Waals surface area contributed by atoms with E-state index in [1.54, 1.807) is 7.05 Å². The molecule has 0 amide bonds. The summed E-state index contributed by atoms with van der Waals surface area (Å²) < 4.78 is 6.79. The number of nitrogens with zero attached hydrogens (tertiary/aromatic N) is 5. The van der Waals surface area contributed by atoms with Crippen molar-refractivity contribution in [3.05, 3.63) is 33.1 Å². The minimum absolute atomic E-state index is 0.171. The van der Waals surface area contributed by atoms with E-state index in [1.165, 1.54) is 16.0 Å². The third-order valence-electron chi connectivity index (χ3n) is 5.05. The Balaban J connectivity index is 1.79. The average molecular weight is 372 g/mol. The van der Waals surface area contributed by atoms with Crippen LogP contribution in [-0.2, 0) is 12.6 Å². The second-order valence-electron chi connectivity index (χ2n) is 6.88. The Morgan fingerprint density at radius 1 is 1.19 bits per heavy atom. The smallest absolute Gasteiger partial charge is 0.277 e. The van der Waals surface area contributed by atoms with Crippen LogP contribution in [0.25, 0.3) is 21.3 Å². The molecule has 3 heterocycles. The zero-order chi connectivity index (χ0) is 18.6. The molecular weight excluding hydrogens is 352 g/mol. The van der Waals surface area contributed by atoms with Gasteiger partial charge in [0.2, 0.25) is 0 Å². The van der Waals surface area contributed by atoms with Crippen molar-refractivity contribution in [2.45, 2.75) is 45.6 Å². The van der Waals surface area contributed by atoms with Gasteiger partial charge in [0.15, 0.2) is 5.82 Å². The van der Waals surface area contributed by atoms with Crippen molar-refractivity contribution in [1.29, 1.82) is 0 Å². The predicted molar refractivity (Wildman–Crippen MR) is 97.8 cm³/mol. The summed E-state index contributed by atoms with van der Waals surface area (Å²) in [5, 5.41) is 8.91. The van der Waals surface area contributed by atoms with E-state index in [0.29, 0.717) is 22.3 Å². The quantitative estimate of drug-likeness (QED) is 0.750. The van der Waals surface area contributed by atoms with Crippen molar-refractivity contribution in [1.82, 2.24) is 24.9 Å². The fraction of sp³-hybridized carbons (Fsp3) is 0.471. The Kier molecular flexibility index (Phi) is 3.81. The van der Waals surface area contributed by atoms with Gasteiger partial charge >= 0.3 is 0 Å². The molecule has 1 aliphatic rings. The first-order chi connectivity index (χ1) is 12.3. The SMILES string of the molecule is Cc1nc(-c2c(C)c(C)nn(C)c2=O)sc1-c1nc(C2(N)CCC2)no1. The number of rotatable bonds is 3. The third-order valence-corrected chi connectivity index (χ3v) is 6.21. The Morgan fingerprint density at radius 2 is 1.92 bits per heavy atom. The molecule has 0 aliphatic heterocycles. The Bertz CT molecular complexity index is 1060. The summed E-state index contributed by atoms with van der Waals surface area (Å²) in [5.41, 5.74) is 8.56. The van der Waals surface area contributed by atoms with E-state index in [-0.39, 0.29) is 5.56 Å². The maximum Gasteiger partial charge on any atom is 0.277 e. The highest BCUT2D eigenvalue weighted by atomic mass is 32.1. The van der Waals surface area contributed by atoms with E-state index in [2.05, 4.69) is 20.2 Å². The average Bonchev–Trinajstić information content (AvgIpc) is 3.18. The van der Waals surface area contributed by atoms with Gasteiger partial charge in [0.05, 0.1) is 22.5 Å². The van der Waals surface area contributed by atoms with E-state index in [4.69, 9.17) is 10.3 Å². The number of aryl methyl sites for hydroxylation is 3. The molecule has 1 aliphatic carbocycles. The molecule has 4 rings (SSSR count). The van der Waals surface area contributed by atoms with Gasteiger partial charge in [-0.15, -0.1) is 11.3 Å². The lowest BCUT2D eigenvalue weighted by Gasteiger charge is -2.34. The van der Waals surface area contributed by atoms with Crippen molar-refractivity contribution in [2.75, 3.05) is 0 Å². The molecule has 1 fully saturated rings. The third kappa shape index (κ3) is 2.50. The normalized spacial score (nSPS) is 15.9. The molecule has 0 radical (unpaired) electrons. The monoisotopic (exact) mass is 372 g/mol. The van der Waals surface area contributed by atoms with Crippen LogP contribution in [0.5, 0.6) is 0 Å².